The second-order valence-corrected chi connectivity index (χ2v) is 6.75. The first-order valence-electron chi connectivity index (χ1n) is 9.97. The largest absolute Gasteiger partial charge is 0.494 e. The zero-order chi connectivity index (χ0) is 21.2. The second kappa shape index (κ2) is 10.8. The Hall–Kier alpha value is -3.58. The molecule has 3 aromatic rings. The van der Waals surface area contributed by atoms with Gasteiger partial charge in [-0.25, -0.2) is 9.18 Å². The van der Waals surface area contributed by atoms with Gasteiger partial charge in [0.05, 0.1) is 12.2 Å². The number of ether oxygens (including phenoxy) is 2. The number of hydrogen-bond acceptors (Lipinski definition) is 3. The van der Waals surface area contributed by atoms with E-state index < -0.39 is 11.8 Å². The van der Waals surface area contributed by atoms with E-state index in [4.69, 9.17) is 9.47 Å². The van der Waals surface area contributed by atoms with Crippen LogP contribution in [-0.4, -0.2) is 12.6 Å². The van der Waals surface area contributed by atoms with E-state index in [0.29, 0.717) is 5.75 Å². The molecule has 0 N–H and O–H groups in total. The van der Waals surface area contributed by atoms with Crippen LogP contribution in [0.3, 0.4) is 0 Å². The predicted octanol–water partition coefficient (Wildman–Crippen LogP) is 6.01. The lowest BCUT2D eigenvalue weighted by Gasteiger charge is -2.05. The van der Waals surface area contributed by atoms with Gasteiger partial charge in [0.1, 0.15) is 17.3 Å². The highest BCUT2D eigenvalue weighted by Gasteiger charge is 2.08. The maximum Gasteiger partial charge on any atom is 0.343 e. The molecule has 3 nitrogen and oxygen atoms in total. The van der Waals surface area contributed by atoms with Crippen molar-refractivity contribution in [3.63, 3.8) is 0 Å². The number of esters is 1. The molecule has 0 aliphatic rings. The summed E-state index contributed by atoms with van der Waals surface area (Å²) >= 11 is 0. The molecule has 30 heavy (non-hydrogen) atoms. The Morgan fingerprint density at radius 1 is 0.800 bits per heavy atom. The zero-order valence-corrected chi connectivity index (χ0v) is 16.9. The van der Waals surface area contributed by atoms with Crippen LogP contribution in [0.2, 0.25) is 0 Å². The van der Waals surface area contributed by atoms with Crippen molar-refractivity contribution in [2.75, 3.05) is 6.61 Å². The molecule has 0 unspecified atom stereocenters. The van der Waals surface area contributed by atoms with Crippen molar-refractivity contribution >= 4 is 5.97 Å². The van der Waals surface area contributed by atoms with E-state index in [1.54, 1.807) is 24.3 Å². The molecule has 0 aliphatic carbocycles. The van der Waals surface area contributed by atoms with E-state index in [1.807, 2.05) is 24.3 Å². The Morgan fingerprint density at radius 2 is 1.37 bits per heavy atom. The molecule has 0 fully saturated rings. The fraction of sp³-hybridized carbons (Fsp3) is 0.192. The summed E-state index contributed by atoms with van der Waals surface area (Å²) < 4.78 is 23.9. The summed E-state index contributed by atoms with van der Waals surface area (Å²) in [6.45, 7) is 2.90. The lowest BCUT2D eigenvalue weighted by Crippen LogP contribution is -2.08. The van der Waals surface area contributed by atoms with Gasteiger partial charge < -0.3 is 9.47 Å². The highest BCUT2D eigenvalue weighted by molar-refractivity contribution is 5.90. The van der Waals surface area contributed by atoms with Crippen molar-refractivity contribution in [2.24, 2.45) is 0 Å². The summed E-state index contributed by atoms with van der Waals surface area (Å²) in [4.78, 5) is 12.1. The molecule has 0 saturated carbocycles. The first-order valence-corrected chi connectivity index (χ1v) is 9.97. The quantitative estimate of drug-likeness (QED) is 0.210. The predicted molar refractivity (Wildman–Crippen MR) is 115 cm³/mol. The molecular formula is C26H23FO3. The Kier molecular flexibility index (Phi) is 7.63. The summed E-state index contributed by atoms with van der Waals surface area (Å²) in [5.74, 6) is 6.51. The number of carbonyl (C=O) groups excluding carboxylic acids is 1. The standard InChI is InChI=1S/C26H23FO3/c1-2-3-4-19-29-24-15-7-20(8-16-24)5-6-21-9-17-25(18-10-21)30-26(28)22-11-13-23(27)14-12-22/h7-18H,2-4,19H2,1H3. The number of hydrogen-bond donors (Lipinski definition) is 0. The van der Waals surface area contributed by atoms with Crippen LogP contribution < -0.4 is 9.47 Å². The van der Waals surface area contributed by atoms with E-state index in [-0.39, 0.29) is 5.56 Å². The third-order valence-electron chi connectivity index (χ3n) is 4.37. The van der Waals surface area contributed by atoms with Gasteiger partial charge >= 0.3 is 5.97 Å². The Balaban J connectivity index is 1.55. The molecular weight excluding hydrogens is 379 g/mol. The van der Waals surface area contributed by atoms with Crippen LogP contribution in [0.25, 0.3) is 0 Å². The number of carbonyl (C=O) groups is 1. The Bertz CT molecular complexity index is 1010. The maximum atomic E-state index is 12.9. The van der Waals surface area contributed by atoms with Gasteiger partial charge in [-0.15, -0.1) is 0 Å². The minimum absolute atomic E-state index is 0.290. The van der Waals surface area contributed by atoms with Crippen molar-refractivity contribution in [2.45, 2.75) is 26.2 Å². The monoisotopic (exact) mass is 402 g/mol. The van der Waals surface area contributed by atoms with E-state index >= 15 is 0 Å². The van der Waals surface area contributed by atoms with Gasteiger partial charge in [0.15, 0.2) is 0 Å². The van der Waals surface area contributed by atoms with Crippen molar-refractivity contribution in [1.82, 2.24) is 0 Å². The van der Waals surface area contributed by atoms with E-state index in [9.17, 15) is 9.18 Å². The minimum Gasteiger partial charge on any atom is -0.494 e. The van der Waals surface area contributed by atoms with Gasteiger partial charge in [0, 0.05) is 11.1 Å². The van der Waals surface area contributed by atoms with E-state index in [1.165, 1.54) is 37.1 Å². The molecule has 0 heterocycles. The first kappa shape index (κ1) is 21.1. The van der Waals surface area contributed by atoms with Gasteiger partial charge in [-0.05, 0) is 79.2 Å². The van der Waals surface area contributed by atoms with Crippen LogP contribution in [-0.2, 0) is 0 Å². The fourth-order valence-electron chi connectivity index (χ4n) is 2.68. The lowest BCUT2D eigenvalue weighted by atomic mass is 10.1. The van der Waals surface area contributed by atoms with Crippen LogP contribution in [0.1, 0.15) is 47.7 Å². The van der Waals surface area contributed by atoms with Crippen molar-refractivity contribution < 1.29 is 18.7 Å². The van der Waals surface area contributed by atoms with Gasteiger partial charge in [-0.1, -0.05) is 31.6 Å². The molecule has 0 bridgehead atoms. The summed E-state index contributed by atoms with van der Waals surface area (Å²) in [6, 6.07) is 19.9. The highest BCUT2D eigenvalue weighted by atomic mass is 19.1. The van der Waals surface area contributed by atoms with Gasteiger partial charge in [-0.3, -0.25) is 0 Å². The topological polar surface area (TPSA) is 35.5 Å². The summed E-state index contributed by atoms with van der Waals surface area (Å²) in [5, 5.41) is 0. The molecule has 0 spiro atoms. The van der Waals surface area contributed by atoms with Crippen LogP contribution in [0, 0.1) is 17.7 Å². The van der Waals surface area contributed by atoms with Crippen LogP contribution in [0.15, 0.2) is 72.8 Å². The molecule has 0 radical (unpaired) electrons. The Morgan fingerprint density at radius 3 is 1.93 bits per heavy atom. The van der Waals surface area contributed by atoms with Crippen molar-refractivity contribution in [3.8, 4) is 23.3 Å². The normalized spacial score (nSPS) is 10.1. The average molecular weight is 402 g/mol. The number of benzene rings is 3. The third kappa shape index (κ3) is 6.49. The Labute approximate surface area is 176 Å². The molecule has 3 rings (SSSR count). The maximum absolute atomic E-state index is 12.9. The van der Waals surface area contributed by atoms with Gasteiger partial charge in [-0.2, -0.15) is 0 Å². The molecule has 3 aromatic carbocycles. The lowest BCUT2D eigenvalue weighted by molar-refractivity contribution is 0.0734. The van der Waals surface area contributed by atoms with Crippen LogP contribution >= 0.6 is 0 Å². The molecule has 0 saturated heterocycles. The average Bonchev–Trinajstić information content (AvgIpc) is 2.77. The molecule has 0 amide bonds. The van der Waals surface area contributed by atoms with Crippen molar-refractivity contribution in [1.29, 1.82) is 0 Å². The van der Waals surface area contributed by atoms with Crippen LogP contribution in [0.4, 0.5) is 4.39 Å². The fourth-order valence-corrected chi connectivity index (χ4v) is 2.68. The van der Waals surface area contributed by atoms with Crippen LogP contribution in [0.5, 0.6) is 11.5 Å². The highest BCUT2D eigenvalue weighted by Crippen LogP contribution is 2.15. The number of halogens is 1. The summed E-state index contributed by atoms with van der Waals surface area (Å²) in [6.07, 6.45) is 3.41. The molecule has 4 heteroatoms. The first-order chi connectivity index (χ1) is 14.6. The van der Waals surface area contributed by atoms with Crippen molar-refractivity contribution in [3.05, 3.63) is 95.3 Å². The SMILES string of the molecule is CCCCCOc1ccc(C#Cc2ccc(OC(=O)c3ccc(F)cc3)cc2)cc1. The molecule has 0 aliphatic heterocycles. The smallest absolute Gasteiger partial charge is 0.343 e. The zero-order valence-electron chi connectivity index (χ0n) is 16.9. The second-order valence-electron chi connectivity index (χ2n) is 6.75. The number of unbranched alkanes of at least 4 members (excludes halogenated alkanes) is 2. The summed E-state index contributed by atoms with van der Waals surface area (Å²) in [7, 11) is 0. The van der Waals surface area contributed by atoms with E-state index in [2.05, 4.69) is 18.8 Å². The molecule has 0 atom stereocenters. The number of rotatable bonds is 7. The van der Waals surface area contributed by atoms with Gasteiger partial charge in [0.2, 0.25) is 0 Å². The molecule has 0 aromatic heterocycles. The van der Waals surface area contributed by atoms with E-state index in [0.717, 1.165) is 29.9 Å². The summed E-state index contributed by atoms with van der Waals surface area (Å²) in [5.41, 5.74) is 1.98. The van der Waals surface area contributed by atoms with Gasteiger partial charge in [0.25, 0.3) is 0 Å². The third-order valence-corrected chi connectivity index (χ3v) is 4.37. The minimum atomic E-state index is -0.536. The molecule has 152 valence electrons.